The Bertz CT molecular complexity index is 128. The molecule has 3 heteroatoms. The van der Waals surface area contributed by atoms with E-state index in [0.29, 0.717) is 6.42 Å². The van der Waals surface area contributed by atoms with Crippen LogP contribution in [0.4, 0.5) is 4.79 Å². The number of carbonyl (C=O) groups is 1. The highest BCUT2D eigenvalue weighted by molar-refractivity contribution is 5.57. The molecule has 0 aromatic carbocycles. The van der Waals surface area contributed by atoms with E-state index in [0.717, 1.165) is 0 Å². The molecule has 1 radical (unpaired) electrons. The molecule has 8 heavy (non-hydrogen) atoms. The van der Waals surface area contributed by atoms with Crippen LogP contribution in [0.15, 0.2) is 0 Å². The molecule has 0 saturated heterocycles. The molecule has 0 heterocycles. The summed E-state index contributed by atoms with van der Waals surface area (Å²) in [4.78, 5) is 9.44. The molecule has 0 fully saturated rings. The number of rotatable bonds is 0. The Labute approximate surface area is 47.3 Å². The van der Waals surface area contributed by atoms with Crippen LogP contribution in [0.5, 0.6) is 0 Å². The van der Waals surface area contributed by atoms with E-state index >= 15 is 0 Å². The molecule has 0 rings (SSSR count). The summed E-state index contributed by atoms with van der Waals surface area (Å²) in [5.74, 6) is 2.39. The Morgan fingerprint density at radius 3 is 2.75 bits per heavy atom. The minimum absolute atomic E-state index is 0.577. The van der Waals surface area contributed by atoms with Crippen LogP contribution in [-0.4, -0.2) is 6.16 Å². The van der Waals surface area contributed by atoms with Crippen molar-refractivity contribution in [3.63, 3.8) is 0 Å². The predicted molar refractivity (Wildman–Crippen MR) is 25.2 cm³/mol. The highest BCUT2D eigenvalue weighted by atomic mass is 16.7. The van der Waals surface area contributed by atoms with Gasteiger partial charge in [0.1, 0.15) is 6.11 Å². The minimum Gasteiger partial charge on any atom is -0.338 e. The highest BCUT2D eigenvalue weighted by Crippen LogP contribution is 1.72. The zero-order valence-corrected chi connectivity index (χ0v) is 4.43. The van der Waals surface area contributed by atoms with Gasteiger partial charge in [0.25, 0.3) is 0 Å². The summed E-state index contributed by atoms with van der Waals surface area (Å²) in [6.07, 6.45) is 0.894. The second-order valence-electron chi connectivity index (χ2n) is 0.984. The molecule has 0 N–H and O–H groups in total. The first-order valence-electron chi connectivity index (χ1n) is 2.13. The van der Waals surface area contributed by atoms with Gasteiger partial charge < -0.3 is 4.74 Å². The summed E-state index contributed by atoms with van der Waals surface area (Å²) < 4.78 is 3.73. The molecule has 3 nitrogen and oxygen atoms in total. The van der Waals surface area contributed by atoms with Gasteiger partial charge in [-0.3, -0.25) is 0 Å². The van der Waals surface area contributed by atoms with Gasteiger partial charge in [0.15, 0.2) is 0 Å². The van der Waals surface area contributed by atoms with E-state index in [-0.39, 0.29) is 0 Å². The standard InChI is InChI=1S/C5H5O3/c1-2-3-4-8-5(6)7/h2H2,1H3. The topological polar surface area (TPSA) is 46.2 Å². The zero-order chi connectivity index (χ0) is 6.41. The van der Waals surface area contributed by atoms with Crippen LogP contribution >= 0.6 is 0 Å². The van der Waals surface area contributed by atoms with Gasteiger partial charge >= 0.3 is 6.16 Å². The molecule has 0 amide bonds. The van der Waals surface area contributed by atoms with Gasteiger partial charge in [0.05, 0.1) is 0 Å². The maximum absolute atomic E-state index is 9.44. The zero-order valence-electron chi connectivity index (χ0n) is 4.43. The fraction of sp³-hybridized carbons (Fsp3) is 0.400. The molecule has 43 valence electrons. The first-order valence-corrected chi connectivity index (χ1v) is 2.13. The van der Waals surface area contributed by atoms with Gasteiger partial charge in [-0.1, -0.05) is 12.8 Å². The minimum atomic E-state index is -1.61. The molecule has 0 aliphatic rings. The van der Waals surface area contributed by atoms with Crippen LogP contribution in [0.3, 0.4) is 0 Å². The molecule has 0 aliphatic heterocycles. The molecule has 0 saturated carbocycles. The third-order valence-electron chi connectivity index (χ3n) is 0.383. The first-order chi connectivity index (χ1) is 3.77. The molecule has 0 aliphatic carbocycles. The Kier molecular flexibility index (Phi) is 3.42. The average molecular weight is 113 g/mol. The maximum atomic E-state index is 9.44. The molecule has 0 bridgehead atoms. The Morgan fingerprint density at radius 1 is 1.75 bits per heavy atom. The fourth-order valence-electron chi connectivity index (χ4n) is 0.150. The lowest BCUT2D eigenvalue weighted by atomic mass is 10.5. The summed E-state index contributed by atoms with van der Waals surface area (Å²) >= 11 is 0. The largest absolute Gasteiger partial charge is 0.564 e. The van der Waals surface area contributed by atoms with E-state index in [9.17, 15) is 9.90 Å². The van der Waals surface area contributed by atoms with E-state index in [4.69, 9.17) is 0 Å². The van der Waals surface area contributed by atoms with Gasteiger partial charge in [-0.25, -0.2) is 0 Å². The van der Waals surface area contributed by atoms with Crippen molar-refractivity contribution in [1.82, 2.24) is 0 Å². The molecule has 0 spiro atoms. The van der Waals surface area contributed by atoms with E-state index in [1.807, 2.05) is 6.11 Å². The summed E-state index contributed by atoms with van der Waals surface area (Å²) in [7, 11) is 0. The van der Waals surface area contributed by atoms with Crippen LogP contribution in [0, 0.1) is 12.0 Å². The van der Waals surface area contributed by atoms with E-state index < -0.39 is 6.16 Å². The monoisotopic (exact) mass is 113 g/mol. The third kappa shape index (κ3) is 4.83. The van der Waals surface area contributed by atoms with Gasteiger partial charge in [-0.05, 0) is 0 Å². The molecule has 0 aromatic rings. The van der Waals surface area contributed by atoms with Crippen molar-refractivity contribution in [2.24, 2.45) is 0 Å². The second kappa shape index (κ2) is 4.00. The summed E-state index contributed by atoms with van der Waals surface area (Å²) in [5, 5.41) is 9.44. The summed E-state index contributed by atoms with van der Waals surface area (Å²) in [5.41, 5.74) is 0. The van der Waals surface area contributed by atoms with Crippen molar-refractivity contribution in [2.45, 2.75) is 13.3 Å². The van der Waals surface area contributed by atoms with Crippen molar-refractivity contribution in [2.75, 3.05) is 0 Å². The Hall–Kier alpha value is -1.17. The van der Waals surface area contributed by atoms with Gasteiger partial charge in [0, 0.05) is 6.42 Å². The number of ether oxygens (including phenoxy) is 1. The van der Waals surface area contributed by atoms with Crippen LogP contribution in [-0.2, 0) is 9.84 Å². The van der Waals surface area contributed by atoms with Crippen LogP contribution in [0.2, 0.25) is 0 Å². The molecule has 0 aromatic heterocycles. The van der Waals surface area contributed by atoms with Crippen molar-refractivity contribution < 1.29 is 14.6 Å². The fourth-order valence-corrected chi connectivity index (χ4v) is 0.150. The smallest absolute Gasteiger partial charge is 0.338 e. The van der Waals surface area contributed by atoms with Gasteiger partial charge in [-0.2, -0.15) is 9.90 Å². The lowest BCUT2D eigenvalue weighted by Crippen LogP contribution is -1.89. The van der Waals surface area contributed by atoms with Crippen LogP contribution in [0.25, 0.3) is 0 Å². The van der Waals surface area contributed by atoms with Gasteiger partial charge in [0.2, 0.25) is 0 Å². The van der Waals surface area contributed by atoms with Gasteiger partial charge in [-0.15, -0.1) is 0 Å². The quantitative estimate of drug-likeness (QED) is 0.346. The third-order valence-corrected chi connectivity index (χ3v) is 0.383. The molecule has 0 unspecified atom stereocenters. The Balaban J connectivity index is 3.29. The molecular weight excluding hydrogens is 108 g/mol. The SMILES string of the molecule is CCC#COC([O])=O. The molecular formula is C5H5O3. The normalized spacial score (nSPS) is 6.62. The van der Waals surface area contributed by atoms with Crippen molar-refractivity contribution in [1.29, 1.82) is 0 Å². The predicted octanol–water partition coefficient (Wildman–Crippen LogP) is 0.924. The number of carbonyl (C=O) groups excluding carboxylic acids is 1. The summed E-state index contributed by atoms with van der Waals surface area (Å²) in [6, 6.07) is 0. The lowest BCUT2D eigenvalue weighted by molar-refractivity contribution is 0.107. The molecule has 0 atom stereocenters. The van der Waals surface area contributed by atoms with Crippen molar-refractivity contribution in [3.05, 3.63) is 0 Å². The van der Waals surface area contributed by atoms with Crippen molar-refractivity contribution in [3.8, 4) is 12.0 Å². The van der Waals surface area contributed by atoms with E-state index in [1.54, 1.807) is 6.92 Å². The Morgan fingerprint density at radius 2 is 2.38 bits per heavy atom. The van der Waals surface area contributed by atoms with E-state index in [2.05, 4.69) is 10.7 Å². The second-order valence-corrected chi connectivity index (χ2v) is 0.984. The highest BCUT2D eigenvalue weighted by Gasteiger charge is 1.91. The van der Waals surface area contributed by atoms with Crippen molar-refractivity contribution >= 4 is 6.16 Å². The van der Waals surface area contributed by atoms with Crippen LogP contribution < -0.4 is 0 Å². The first kappa shape index (κ1) is 6.83. The lowest BCUT2D eigenvalue weighted by Gasteiger charge is -1.75. The van der Waals surface area contributed by atoms with Crippen LogP contribution in [0.1, 0.15) is 13.3 Å². The maximum Gasteiger partial charge on any atom is 0.564 e. The van der Waals surface area contributed by atoms with E-state index in [1.165, 1.54) is 0 Å². The number of hydrogen-bond acceptors (Lipinski definition) is 2. The number of hydrogen-bond donors (Lipinski definition) is 0. The summed E-state index contributed by atoms with van der Waals surface area (Å²) in [6.45, 7) is 1.78. The average Bonchev–Trinajstić information content (AvgIpc) is 1.66.